The van der Waals surface area contributed by atoms with Crippen molar-refractivity contribution in [2.45, 2.75) is 56.3 Å². The Labute approximate surface area is 164 Å². The fourth-order valence-electron chi connectivity index (χ4n) is 3.57. The second-order valence-electron chi connectivity index (χ2n) is 7.84. The Morgan fingerprint density at radius 3 is 2.36 bits per heavy atom. The first-order valence-corrected chi connectivity index (χ1v) is 10.8. The summed E-state index contributed by atoms with van der Waals surface area (Å²) in [7, 11) is -3.79. The Bertz CT molecular complexity index is 872. The molecule has 3 rings (SSSR count). The number of nitrogens with zero attached hydrogens (tertiary/aromatic N) is 1. The predicted octanol–water partition coefficient (Wildman–Crippen LogP) is 1.47. The summed E-state index contributed by atoms with van der Waals surface area (Å²) in [6.45, 7) is 5.59. The maximum absolute atomic E-state index is 13.0. The Hall–Kier alpha value is -1.97. The highest BCUT2D eigenvalue weighted by Gasteiger charge is 2.48. The van der Waals surface area contributed by atoms with E-state index in [0.717, 1.165) is 12.8 Å². The molecule has 2 fully saturated rings. The van der Waals surface area contributed by atoms with Crippen molar-refractivity contribution in [3.63, 3.8) is 0 Å². The summed E-state index contributed by atoms with van der Waals surface area (Å²) in [5.74, 6) is -1.81. The van der Waals surface area contributed by atoms with Gasteiger partial charge in [-0.25, -0.2) is 13.2 Å². The lowest BCUT2D eigenvalue weighted by Gasteiger charge is -2.34. The fraction of sp³-hybridized carbons (Fsp3) is 0.579. The van der Waals surface area contributed by atoms with Crippen LogP contribution in [0.15, 0.2) is 29.2 Å². The molecular formula is C19H26N2O6S. The average molecular weight is 410 g/mol. The van der Waals surface area contributed by atoms with Crippen LogP contribution >= 0.6 is 0 Å². The minimum atomic E-state index is -3.79. The van der Waals surface area contributed by atoms with Crippen molar-refractivity contribution in [2.24, 2.45) is 5.92 Å². The van der Waals surface area contributed by atoms with Gasteiger partial charge in [-0.3, -0.25) is 4.79 Å². The second kappa shape index (κ2) is 7.46. The maximum Gasteiger partial charge on any atom is 0.329 e. The number of hydrogen-bond donors (Lipinski definition) is 2. The predicted molar refractivity (Wildman–Crippen MR) is 101 cm³/mol. The number of amides is 1. The number of carbonyl (C=O) groups is 2. The summed E-state index contributed by atoms with van der Waals surface area (Å²) in [5, 5.41) is 12.1. The topological polar surface area (TPSA) is 113 Å². The van der Waals surface area contributed by atoms with Crippen LogP contribution in [0.3, 0.4) is 0 Å². The molecule has 2 N–H and O–H groups in total. The van der Waals surface area contributed by atoms with E-state index in [-0.39, 0.29) is 41.7 Å². The molecule has 1 aliphatic carbocycles. The number of aliphatic carboxylic acids is 1. The lowest BCUT2D eigenvalue weighted by Crippen LogP contribution is -2.54. The summed E-state index contributed by atoms with van der Waals surface area (Å²) in [5.41, 5.74) is -1.25. The molecule has 8 nitrogen and oxygen atoms in total. The van der Waals surface area contributed by atoms with Crippen LogP contribution in [0.4, 0.5) is 0 Å². The number of sulfonamides is 1. The monoisotopic (exact) mass is 410 g/mol. The van der Waals surface area contributed by atoms with E-state index in [1.165, 1.54) is 35.5 Å². The van der Waals surface area contributed by atoms with Gasteiger partial charge in [-0.1, -0.05) is 6.07 Å². The largest absolute Gasteiger partial charge is 0.480 e. The molecule has 0 bridgehead atoms. The van der Waals surface area contributed by atoms with Crippen LogP contribution in [0.2, 0.25) is 0 Å². The molecule has 1 aromatic rings. The number of morpholine rings is 1. The van der Waals surface area contributed by atoms with Gasteiger partial charge < -0.3 is 15.2 Å². The summed E-state index contributed by atoms with van der Waals surface area (Å²) >= 11 is 0. The van der Waals surface area contributed by atoms with Crippen molar-refractivity contribution in [3.05, 3.63) is 29.8 Å². The highest BCUT2D eigenvalue weighted by Crippen LogP contribution is 2.40. The molecule has 0 unspecified atom stereocenters. The number of rotatable bonds is 6. The fourth-order valence-corrected chi connectivity index (χ4v) is 5.21. The first kappa shape index (κ1) is 20.8. The Morgan fingerprint density at radius 2 is 1.82 bits per heavy atom. The maximum atomic E-state index is 13.0. The zero-order chi connectivity index (χ0) is 20.7. The van der Waals surface area contributed by atoms with Crippen LogP contribution in [-0.4, -0.2) is 60.5 Å². The molecular weight excluding hydrogens is 384 g/mol. The van der Waals surface area contributed by atoms with Gasteiger partial charge in [0.25, 0.3) is 5.91 Å². The van der Waals surface area contributed by atoms with Gasteiger partial charge in [-0.2, -0.15) is 4.31 Å². The Kier molecular flexibility index (Phi) is 5.53. The van der Waals surface area contributed by atoms with Gasteiger partial charge in [0.15, 0.2) is 0 Å². The number of hydrogen-bond acceptors (Lipinski definition) is 5. The molecule has 0 aromatic heterocycles. The third-order valence-electron chi connectivity index (χ3n) is 5.33. The van der Waals surface area contributed by atoms with Crippen LogP contribution in [0.5, 0.6) is 0 Å². The van der Waals surface area contributed by atoms with Crippen LogP contribution in [0.1, 0.15) is 44.0 Å². The Morgan fingerprint density at radius 1 is 1.21 bits per heavy atom. The summed E-state index contributed by atoms with van der Waals surface area (Å²) < 4.78 is 33.0. The van der Waals surface area contributed by atoms with E-state index in [0.29, 0.717) is 0 Å². The molecule has 9 heteroatoms. The van der Waals surface area contributed by atoms with Gasteiger partial charge >= 0.3 is 5.97 Å². The molecule has 1 saturated carbocycles. The SMILES string of the molecule is C[C@@H]1CN(S(=O)(=O)c2cccc(C(=O)N[C@@](C)(C(=O)O)C3CC3)c2)C[C@@H](C)O1. The summed E-state index contributed by atoms with van der Waals surface area (Å²) in [6.07, 6.45) is 1.04. The molecule has 1 amide bonds. The van der Waals surface area contributed by atoms with Crippen LogP contribution in [0.25, 0.3) is 0 Å². The molecule has 28 heavy (non-hydrogen) atoms. The van der Waals surface area contributed by atoms with Crippen LogP contribution in [-0.2, 0) is 19.6 Å². The zero-order valence-electron chi connectivity index (χ0n) is 16.2. The molecule has 0 radical (unpaired) electrons. The van der Waals surface area contributed by atoms with Gasteiger partial charge in [-0.05, 0) is 57.7 Å². The third kappa shape index (κ3) is 4.06. The summed E-state index contributed by atoms with van der Waals surface area (Å²) in [6, 6.07) is 5.71. The highest BCUT2D eigenvalue weighted by atomic mass is 32.2. The molecule has 2 aliphatic rings. The molecule has 1 aliphatic heterocycles. The van der Waals surface area contributed by atoms with Gasteiger partial charge in [-0.15, -0.1) is 0 Å². The number of nitrogens with one attached hydrogen (secondary N) is 1. The number of carboxylic acid groups (broad SMARTS) is 1. The van der Waals surface area contributed by atoms with Gasteiger partial charge in [0, 0.05) is 18.7 Å². The molecule has 1 aromatic carbocycles. The van der Waals surface area contributed by atoms with Gasteiger partial charge in [0.1, 0.15) is 5.54 Å². The van der Waals surface area contributed by atoms with Crippen molar-refractivity contribution in [2.75, 3.05) is 13.1 Å². The first-order chi connectivity index (χ1) is 13.0. The first-order valence-electron chi connectivity index (χ1n) is 9.35. The number of carbonyl (C=O) groups excluding carboxylic acids is 1. The van der Waals surface area contributed by atoms with E-state index in [1.54, 1.807) is 0 Å². The van der Waals surface area contributed by atoms with E-state index in [4.69, 9.17) is 4.74 Å². The average Bonchev–Trinajstić information content (AvgIpc) is 3.46. The Balaban J connectivity index is 1.83. The van der Waals surface area contributed by atoms with E-state index in [9.17, 15) is 23.1 Å². The van der Waals surface area contributed by atoms with E-state index >= 15 is 0 Å². The van der Waals surface area contributed by atoms with Crippen molar-refractivity contribution < 1.29 is 27.9 Å². The third-order valence-corrected chi connectivity index (χ3v) is 7.16. The van der Waals surface area contributed by atoms with Crippen molar-refractivity contribution in [1.82, 2.24) is 9.62 Å². The lowest BCUT2D eigenvalue weighted by atomic mass is 9.95. The van der Waals surface area contributed by atoms with E-state index in [2.05, 4.69) is 5.32 Å². The van der Waals surface area contributed by atoms with Crippen molar-refractivity contribution >= 4 is 21.9 Å². The standard InChI is InChI=1S/C19H26N2O6S/c1-12-10-21(11-13(2)27-12)28(25,26)16-6-4-5-14(9-16)17(22)20-19(3,18(23)24)15-7-8-15/h4-6,9,12-13,15H,7-8,10-11H2,1-3H3,(H,20,22)(H,23,24)/t12-,13-,19-/m1/s1. The van der Waals surface area contributed by atoms with Crippen molar-refractivity contribution in [1.29, 1.82) is 0 Å². The minimum Gasteiger partial charge on any atom is -0.480 e. The van der Waals surface area contributed by atoms with E-state index < -0.39 is 27.4 Å². The zero-order valence-corrected chi connectivity index (χ0v) is 17.0. The summed E-state index contributed by atoms with van der Waals surface area (Å²) in [4.78, 5) is 24.3. The van der Waals surface area contributed by atoms with Crippen LogP contribution in [0, 0.1) is 5.92 Å². The molecule has 1 saturated heterocycles. The smallest absolute Gasteiger partial charge is 0.329 e. The lowest BCUT2D eigenvalue weighted by molar-refractivity contribution is -0.144. The highest BCUT2D eigenvalue weighted by molar-refractivity contribution is 7.89. The number of benzene rings is 1. The second-order valence-corrected chi connectivity index (χ2v) is 9.78. The minimum absolute atomic E-state index is 0.00454. The van der Waals surface area contributed by atoms with Gasteiger partial charge in [0.2, 0.25) is 10.0 Å². The molecule has 154 valence electrons. The molecule has 0 spiro atoms. The van der Waals surface area contributed by atoms with Crippen molar-refractivity contribution in [3.8, 4) is 0 Å². The van der Waals surface area contributed by atoms with Gasteiger partial charge in [0.05, 0.1) is 17.1 Å². The normalized spacial score (nSPS) is 25.7. The number of carboxylic acids is 1. The quantitative estimate of drug-likeness (QED) is 0.734. The number of ether oxygens (including phenoxy) is 1. The molecule has 1 heterocycles. The van der Waals surface area contributed by atoms with E-state index in [1.807, 2.05) is 13.8 Å². The molecule has 3 atom stereocenters. The van der Waals surface area contributed by atoms with Crippen LogP contribution < -0.4 is 5.32 Å².